The van der Waals surface area contributed by atoms with Crippen molar-refractivity contribution >= 4 is 11.7 Å². The number of aryl methyl sites for hydroxylation is 1. The molecule has 0 aliphatic carbocycles. The van der Waals surface area contributed by atoms with Gasteiger partial charge in [-0.3, -0.25) is 4.79 Å². The van der Waals surface area contributed by atoms with Gasteiger partial charge in [-0.1, -0.05) is 19.1 Å². The maximum atomic E-state index is 12.0. The number of H-pyrrole nitrogens is 1. The lowest BCUT2D eigenvalue weighted by Gasteiger charge is -2.32. The van der Waals surface area contributed by atoms with Crippen LogP contribution < -0.4 is 10.5 Å². The average Bonchev–Trinajstić information content (AvgIpc) is 2.61. The van der Waals surface area contributed by atoms with Crippen molar-refractivity contribution in [2.45, 2.75) is 32.3 Å². The molecule has 1 aliphatic rings. The van der Waals surface area contributed by atoms with Gasteiger partial charge in [0.25, 0.3) is 5.56 Å². The van der Waals surface area contributed by atoms with Crippen molar-refractivity contribution in [1.29, 1.82) is 0 Å². The Labute approximate surface area is 145 Å². The Morgan fingerprint density at radius 1 is 1.32 bits per heavy atom. The number of piperidine rings is 1. The van der Waals surface area contributed by atoms with Crippen molar-refractivity contribution < 1.29 is 15.0 Å². The molecule has 1 fully saturated rings. The number of hydrogen-bond donors (Lipinski definition) is 3. The van der Waals surface area contributed by atoms with Crippen LogP contribution in [0.2, 0.25) is 0 Å². The van der Waals surface area contributed by atoms with E-state index in [4.69, 9.17) is 5.11 Å². The maximum Gasteiger partial charge on any atom is 0.341 e. The molecule has 132 valence electrons. The number of aliphatic hydroxyl groups excluding tert-OH is 1. The quantitative estimate of drug-likeness (QED) is 0.792. The minimum atomic E-state index is -1.22. The van der Waals surface area contributed by atoms with Gasteiger partial charge in [-0.15, -0.1) is 0 Å². The first kappa shape index (κ1) is 17.2. The lowest BCUT2D eigenvalue weighted by atomic mass is 10.0. The van der Waals surface area contributed by atoms with Crippen molar-refractivity contribution in [2.24, 2.45) is 0 Å². The Hall–Kier alpha value is -2.60. The molecular formula is C19H22N2O4. The van der Waals surface area contributed by atoms with Crippen LogP contribution in [0.3, 0.4) is 0 Å². The highest BCUT2D eigenvalue weighted by Gasteiger charge is 2.18. The number of carboxylic acids is 1. The molecule has 0 bridgehead atoms. The standard InChI is InChI=1S/C19H22N2O4/c1-2-12-10-16(19(24)25)18(23)20-17(12)13-5-7-14(8-6-13)21-9-3-4-15(22)11-21/h5-8,10,15,22H,2-4,9,11H2,1H3,(H,20,23)(H,24,25). The zero-order valence-corrected chi connectivity index (χ0v) is 14.2. The molecule has 1 aliphatic heterocycles. The van der Waals surface area contributed by atoms with Crippen LogP contribution in [0, 0.1) is 0 Å². The molecule has 6 nitrogen and oxygen atoms in total. The van der Waals surface area contributed by atoms with Crippen LogP contribution in [0.5, 0.6) is 0 Å². The van der Waals surface area contributed by atoms with Crippen LogP contribution in [0.4, 0.5) is 5.69 Å². The number of carboxylic acid groups (broad SMARTS) is 1. The van der Waals surface area contributed by atoms with Crippen LogP contribution in [-0.4, -0.2) is 40.4 Å². The minimum Gasteiger partial charge on any atom is -0.477 e. The van der Waals surface area contributed by atoms with Crippen molar-refractivity contribution in [2.75, 3.05) is 18.0 Å². The number of nitrogens with one attached hydrogen (secondary N) is 1. The highest BCUT2D eigenvalue weighted by atomic mass is 16.4. The smallest absolute Gasteiger partial charge is 0.341 e. The van der Waals surface area contributed by atoms with Gasteiger partial charge in [0.2, 0.25) is 0 Å². The fourth-order valence-corrected chi connectivity index (χ4v) is 3.30. The second-order valence-electron chi connectivity index (χ2n) is 6.36. The predicted octanol–water partition coefficient (Wildman–Crippen LogP) is 2.26. The van der Waals surface area contributed by atoms with Crippen molar-refractivity contribution in [3.8, 4) is 11.3 Å². The zero-order chi connectivity index (χ0) is 18.0. The summed E-state index contributed by atoms with van der Waals surface area (Å²) in [5.74, 6) is -1.22. The Bertz CT molecular complexity index is 826. The number of nitrogens with zero attached hydrogens (tertiary/aromatic N) is 1. The number of anilines is 1. The first-order chi connectivity index (χ1) is 12.0. The molecule has 1 atom stereocenters. The molecule has 3 N–H and O–H groups in total. The number of benzene rings is 1. The first-order valence-corrected chi connectivity index (χ1v) is 8.52. The summed E-state index contributed by atoms with van der Waals surface area (Å²) < 4.78 is 0. The van der Waals surface area contributed by atoms with Gasteiger partial charge in [-0.25, -0.2) is 4.79 Å². The zero-order valence-electron chi connectivity index (χ0n) is 14.2. The van der Waals surface area contributed by atoms with Gasteiger partial charge in [0.1, 0.15) is 5.56 Å². The van der Waals surface area contributed by atoms with E-state index in [-0.39, 0.29) is 11.7 Å². The second kappa shape index (κ2) is 7.11. The van der Waals surface area contributed by atoms with E-state index in [1.54, 1.807) is 0 Å². The van der Waals surface area contributed by atoms with Gasteiger partial charge in [-0.2, -0.15) is 0 Å². The monoisotopic (exact) mass is 342 g/mol. The van der Waals surface area contributed by atoms with E-state index in [1.807, 2.05) is 31.2 Å². The number of pyridine rings is 1. The summed E-state index contributed by atoms with van der Waals surface area (Å²) in [6.07, 6.45) is 2.13. The van der Waals surface area contributed by atoms with Crippen molar-refractivity contribution in [3.63, 3.8) is 0 Å². The molecule has 2 heterocycles. The molecular weight excluding hydrogens is 320 g/mol. The van der Waals surface area contributed by atoms with Crippen molar-refractivity contribution in [3.05, 3.63) is 51.8 Å². The molecule has 1 aromatic heterocycles. The second-order valence-corrected chi connectivity index (χ2v) is 6.36. The average molecular weight is 342 g/mol. The Morgan fingerprint density at radius 2 is 2.04 bits per heavy atom. The van der Waals surface area contributed by atoms with Crippen LogP contribution >= 0.6 is 0 Å². The van der Waals surface area contributed by atoms with E-state index in [0.29, 0.717) is 18.7 Å². The Kier molecular flexibility index (Phi) is 4.90. The Balaban J connectivity index is 1.93. The predicted molar refractivity (Wildman–Crippen MR) is 96.3 cm³/mol. The van der Waals surface area contributed by atoms with Gasteiger partial charge in [0.15, 0.2) is 0 Å². The number of aromatic amines is 1. The van der Waals surface area contributed by atoms with Crippen LogP contribution in [0.1, 0.15) is 35.7 Å². The van der Waals surface area contributed by atoms with E-state index < -0.39 is 11.5 Å². The van der Waals surface area contributed by atoms with Crippen LogP contribution in [0.15, 0.2) is 35.1 Å². The summed E-state index contributed by atoms with van der Waals surface area (Å²) in [4.78, 5) is 28.0. The number of hydrogen-bond acceptors (Lipinski definition) is 4. The summed E-state index contributed by atoms with van der Waals surface area (Å²) in [6.45, 7) is 3.47. The summed E-state index contributed by atoms with van der Waals surface area (Å²) in [5.41, 5.74) is 2.49. The SMILES string of the molecule is CCc1cc(C(=O)O)c(=O)[nH]c1-c1ccc(N2CCCC(O)C2)cc1. The minimum absolute atomic E-state index is 0.237. The third kappa shape index (κ3) is 3.58. The molecule has 1 unspecified atom stereocenters. The molecule has 1 aromatic carbocycles. The number of aromatic nitrogens is 1. The van der Waals surface area contributed by atoms with E-state index in [2.05, 4.69) is 9.88 Å². The third-order valence-electron chi connectivity index (χ3n) is 4.65. The van der Waals surface area contributed by atoms with Gasteiger partial charge in [-0.05, 0) is 48.6 Å². The number of carbonyl (C=O) groups is 1. The lowest BCUT2D eigenvalue weighted by molar-refractivity contribution is 0.0695. The highest BCUT2D eigenvalue weighted by Crippen LogP contribution is 2.26. The van der Waals surface area contributed by atoms with Crippen LogP contribution in [0.25, 0.3) is 11.3 Å². The number of aliphatic hydroxyl groups is 1. The molecule has 1 saturated heterocycles. The van der Waals surface area contributed by atoms with Gasteiger partial charge in [0.05, 0.1) is 11.8 Å². The molecule has 3 rings (SSSR count). The van der Waals surface area contributed by atoms with E-state index in [1.165, 1.54) is 6.07 Å². The summed E-state index contributed by atoms with van der Waals surface area (Å²) in [6, 6.07) is 9.22. The molecule has 0 spiro atoms. The van der Waals surface area contributed by atoms with E-state index >= 15 is 0 Å². The van der Waals surface area contributed by atoms with E-state index in [9.17, 15) is 14.7 Å². The van der Waals surface area contributed by atoms with Gasteiger partial charge in [0, 0.05) is 18.8 Å². The molecule has 0 amide bonds. The molecule has 6 heteroatoms. The highest BCUT2D eigenvalue weighted by molar-refractivity contribution is 5.88. The fraction of sp³-hybridized carbons (Fsp3) is 0.368. The number of β-amino-alcohol motifs (C(OH)–C–C–N with tert-alkyl or cyclic N) is 1. The first-order valence-electron chi connectivity index (χ1n) is 8.52. The molecule has 0 saturated carbocycles. The lowest BCUT2D eigenvalue weighted by Crippen LogP contribution is -2.38. The third-order valence-corrected chi connectivity index (χ3v) is 4.65. The Morgan fingerprint density at radius 3 is 2.64 bits per heavy atom. The summed E-state index contributed by atoms with van der Waals surface area (Å²) >= 11 is 0. The number of rotatable bonds is 4. The molecule has 2 aromatic rings. The van der Waals surface area contributed by atoms with Crippen molar-refractivity contribution in [1.82, 2.24) is 4.98 Å². The van der Waals surface area contributed by atoms with Gasteiger partial charge >= 0.3 is 5.97 Å². The summed E-state index contributed by atoms with van der Waals surface area (Å²) in [7, 11) is 0. The summed E-state index contributed by atoms with van der Waals surface area (Å²) in [5, 5.41) is 18.9. The normalized spacial score (nSPS) is 17.5. The molecule has 0 radical (unpaired) electrons. The molecule has 25 heavy (non-hydrogen) atoms. The topological polar surface area (TPSA) is 93.6 Å². The largest absolute Gasteiger partial charge is 0.477 e. The fourth-order valence-electron chi connectivity index (χ4n) is 3.30. The number of aromatic carboxylic acids is 1. The maximum absolute atomic E-state index is 12.0. The van der Waals surface area contributed by atoms with Crippen LogP contribution in [-0.2, 0) is 6.42 Å². The van der Waals surface area contributed by atoms with E-state index in [0.717, 1.165) is 36.2 Å². The van der Waals surface area contributed by atoms with Gasteiger partial charge < -0.3 is 20.1 Å².